The van der Waals surface area contributed by atoms with Crippen LogP contribution in [-0.4, -0.2) is 53.0 Å². The Kier molecular flexibility index (Phi) is 4.57. The number of carbonyl (C=O) groups is 2. The topological polar surface area (TPSA) is 82.5 Å². The van der Waals surface area contributed by atoms with E-state index in [1.54, 1.807) is 0 Å². The van der Waals surface area contributed by atoms with Crippen LogP contribution < -0.4 is 5.32 Å². The average molecular weight is 291 g/mol. The van der Waals surface area contributed by atoms with E-state index in [0.717, 1.165) is 12.8 Å². The van der Waals surface area contributed by atoms with Crippen LogP contribution in [-0.2, 0) is 0 Å². The number of hydrogen-bond donors (Lipinski definition) is 2. The molecule has 1 aromatic heterocycles. The Morgan fingerprint density at radius 3 is 2.48 bits per heavy atom. The number of amides is 1. The molecular formula is C15H21N3O3. The zero-order valence-corrected chi connectivity index (χ0v) is 12.4. The van der Waals surface area contributed by atoms with E-state index in [9.17, 15) is 9.59 Å². The van der Waals surface area contributed by atoms with Crippen LogP contribution in [0.25, 0.3) is 0 Å². The van der Waals surface area contributed by atoms with Gasteiger partial charge in [0.25, 0.3) is 5.91 Å². The number of hydrogen-bond acceptors (Lipinski definition) is 4. The molecule has 114 valence electrons. The van der Waals surface area contributed by atoms with E-state index in [1.165, 1.54) is 31.0 Å². The van der Waals surface area contributed by atoms with Crippen molar-refractivity contribution in [2.24, 2.45) is 0 Å². The smallest absolute Gasteiger partial charge is 0.354 e. The van der Waals surface area contributed by atoms with Crippen molar-refractivity contribution in [3.8, 4) is 0 Å². The number of pyridine rings is 1. The molecule has 1 amide bonds. The second-order valence-electron chi connectivity index (χ2n) is 5.72. The molecule has 0 saturated heterocycles. The SMILES string of the molecule is CN(C)C1(CNC(=O)c2cccc(C(=O)O)n2)CCCC1. The quantitative estimate of drug-likeness (QED) is 0.856. The van der Waals surface area contributed by atoms with Crippen LogP contribution in [0.5, 0.6) is 0 Å². The molecule has 2 rings (SSSR count). The van der Waals surface area contributed by atoms with Gasteiger partial charge in [-0.2, -0.15) is 0 Å². The lowest BCUT2D eigenvalue weighted by atomic mass is 9.96. The van der Waals surface area contributed by atoms with Crippen molar-refractivity contribution >= 4 is 11.9 Å². The first kappa shape index (κ1) is 15.4. The molecule has 1 aliphatic carbocycles. The van der Waals surface area contributed by atoms with Gasteiger partial charge in [0.2, 0.25) is 0 Å². The number of rotatable bonds is 5. The number of nitrogens with one attached hydrogen (secondary N) is 1. The highest BCUT2D eigenvalue weighted by molar-refractivity contribution is 5.94. The van der Waals surface area contributed by atoms with Crippen molar-refractivity contribution in [3.05, 3.63) is 29.6 Å². The summed E-state index contributed by atoms with van der Waals surface area (Å²) in [6.45, 7) is 0.553. The number of likely N-dealkylation sites (N-methyl/N-ethyl adjacent to an activating group) is 1. The first-order chi connectivity index (χ1) is 9.94. The maximum absolute atomic E-state index is 12.2. The normalized spacial score (nSPS) is 16.9. The number of aromatic nitrogens is 1. The summed E-state index contributed by atoms with van der Waals surface area (Å²) in [5.41, 5.74) is 0.0210. The predicted molar refractivity (Wildman–Crippen MR) is 78.4 cm³/mol. The van der Waals surface area contributed by atoms with Crippen LogP contribution in [0.2, 0.25) is 0 Å². The maximum atomic E-state index is 12.2. The molecule has 0 spiro atoms. The molecule has 6 heteroatoms. The number of carbonyl (C=O) groups excluding carboxylic acids is 1. The van der Waals surface area contributed by atoms with Crippen LogP contribution >= 0.6 is 0 Å². The Hall–Kier alpha value is -1.95. The fraction of sp³-hybridized carbons (Fsp3) is 0.533. The van der Waals surface area contributed by atoms with Gasteiger partial charge in [-0.3, -0.25) is 4.79 Å². The van der Waals surface area contributed by atoms with Crippen molar-refractivity contribution < 1.29 is 14.7 Å². The highest BCUT2D eigenvalue weighted by Crippen LogP contribution is 2.33. The van der Waals surface area contributed by atoms with Crippen molar-refractivity contribution in [2.75, 3.05) is 20.6 Å². The Morgan fingerprint density at radius 1 is 1.29 bits per heavy atom. The van der Waals surface area contributed by atoms with Crippen molar-refractivity contribution in [3.63, 3.8) is 0 Å². The molecule has 2 N–H and O–H groups in total. The van der Waals surface area contributed by atoms with Crippen molar-refractivity contribution in [1.29, 1.82) is 0 Å². The molecule has 0 aromatic carbocycles. The number of carboxylic acids is 1. The van der Waals surface area contributed by atoms with Gasteiger partial charge in [-0.25, -0.2) is 9.78 Å². The molecule has 0 radical (unpaired) electrons. The summed E-state index contributed by atoms with van der Waals surface area (Å²) in [5, 5.41) is 11.8. The lowest BCUT2D eigenvalue weighted by molar-refractivity contribution is 0.0690. The zero-order chi connectivity index (χ0) is 15.5. The summed E-state index contributed by atoms with van der Waals surface area (Å²) < 4.78 is 0. The molecule has 6 nitrogen and oxygen atoms in total. The van der Waals surface area contributed by atoms with Gasteiger partial charge in [-0.15, -0.1) is 0 Å². The molecule has 0 bridgehead atoms. The third kappa shape index (κ3) is 3.39. The van der Waals surface area contributed by atoms with Crippen LogP contribution in [0.4, 0.5) is 0 Å². The second kappa shape index (κ2) is 6.22. The van der Waals surface area contributed by atoms with E-state index in [2.05, 4.69) is 15.2 Å². The first-order valence-corrected chi connectivity index (χ1v) is 7.11. The van der Waals surface area contributed by atoms with Gasteiger partial charge < -0.3 is 15.3 Å². The number of aromatic carboxylic acids is 1. The Bertz CT molecular complexity index is 537. The minimum atomic E-state index is -1.13. The van der Waals surface area contributed by atoms with E-state index >= 15 is 0 Å². The molecule has 1 fully saturated rings. The summed E-state index contributed by atoms with van der Waals surface area (Å²) in [4.78, 5) is 29.1. The highest BCUT2D eigenvalue weighted by Gasteiger charge is 2.36. The van der Waals surface area contributed by atoms with Crippen molar-refractivity contribution in [1.82, 2.24) is 15.2 Å². The summed E-state index contributed by atoms with van der Waals surface area (Å²) >= 11 is 0. The van der Waals surface area contributed by atoms with Crippen molar-refractivity contribution in [2.45, 2.75) is 31.2 Å². The van der Waals surface area contributed by atoms with Crippen LogP contribution in [0, 0.1) is 0 Å². The average Bonchev–Trinajstić information content (AvgIpc) is 2.95. The Labute approximate surface area is 124 Å². The fourth-order valence-electron chi connectivity index (χ4n) is 2.83. The Balaban J connectivity index is 2.04. The Morgan fingerprint density at radius 2 is 1.90 bits per heavy atom. The summed E-state index contributed by atoms with van der Waals surface area (Å²) in [7, 11) is 4.06. The second-order valence-corrected chi connectivity index (χ2v) is 5.72. The summed E-state index contributed by atoms with van der Waals surface area (Å²) in [6.07, 6.45) is 4.45. The lowest BCUT2D eigenvalue weighted by Gasteiger charge is -2.36. The van der Waals surface area contributed by atoms with Gasteiger partial charge in [0.1, 0.15) is 11.4 Å². The highest BCUT2D eigenvalue weighted by atomic mass is 16.4. The van der Waals surface area contributed by atoms with E-state index in [0.29, 0.717) is 6.54 Å². The summed E-state index contributed by atoms with van der Waals surface area (Å²) in [6, 6.07) is 4.43. The number of carboxylic acid groups (broad SMARTS) is 1. The fourth-order valence-corrected chi connectivity index (χ4v) is 2.83. The van der Waals surface area contributed by atoms with Crippen LogP contribution in [0.3, 0.4) is 0 Å². The minimum absolute atomic E-state index is 0.0000678. The molecule has 1 aliphatic rings. The lowest BCUT2D eigenvalue weighted by Crippen LogP contribution is -2.50. The molecule has 1 saturated carbocycles. The van der Waals surface area contributed by atoms with E-state index in [4.69, 9.17) is 5.11 Å². The standard InChI is InChI=1S/C15H21N3O3/c1-18(2)15(8-3-4-9-15)10-16-13(19)11-6-5-7-12(17-11)14(20)21/h5-7H,3-4,8-10H2,1-2H3,(H,16,19)(H,20,21). The third-order valence-corrected chi connectivity index (χ3v) is 4.26. The van der Waals surface area contributed by atoms with Gasteiger partial charge in [-0.1, -0.05) is 18.9 Å². The van der Waals surface area contributed by atoms with Gasteiger partial charge in [0.05, 0.1) is 0 Å². The van der Waals surface area contributed by atoms with Crippen LogP contribution in [0.1, 0.15) is 46.7 Å². The van der Waals surface area contributed by atoms with E-state index in [1.807, 2.05) is 14.1 Å². The summed E-state index contributed by atoms with van der Waals surface area (Å²) in [5.74, 6) is -1.46. The third-order valence-electron chi connectivity index (χ3n) is 4.26. The molecule has 0 aliphatic heterocycles. The van der Waals surface area contributed by atoms with Crippen LogP contribution in [0.15, 0.2) is 18.2 Å². The molecule has 0 unspecified atom stereocenters. The predicted octanol–water partition coefficient (Wildman–Crippen LogP) is 1.38. The molecule has 0 atom stereocenters. The van der Waals surface area contributed by atoms with E-state index < -0.39 is 5.97 Å². The first-order valence-electron chi connectivity index (χ1n) is 7.11. The minimum Gasteiger partial charge on any atom is -0.477 e. The molecule has 21 heavy (non-hydrogen) atoms. The monoisotopic (exact) mass is 291 g/mol. The molecule has 1 aromatic rings. The van der Waals surface area contributed by atoms with Gasteiger partial charge >= 0.3 is 5.97 Å². The maximum Gasteiger partial charge on any atom is 0.354 e. The van der Waals surface area contributed by atoms with Gasteiger partial charge in [0.15, 0.2) is 0 Å². The largest absolute Gasteiger partial charge is 0.477 e. The van der Waals surface area contributed by atoms with Gasteiger partial charge in [0, 0.05) is 12.1 Å². The zero-order valence-electron chi connectivity index (χ0n) is 12.4. The number of nitrogens with zero attached hydrogens (tertiary/aromatic N) is 2. The van der Waals surface area contributed by atoms with E-state index in [-0.39, 0.29) is 22.8 Å². The van der Waals surface area contributed by atoms with Gasteiger partial charge in [-0.05, 0) is 39.1 Å². The molecule has 1 heterocycles. The molecular weight excluding hydrogens is 270 g/mol.